The Morgan fingerprint density at radius 3 is 2.56 bits per heavy atom. The predicted octanol–water partition coefficient (Wildman–Crippen LogP) is 3.62. The first-order chi connectivity index (χ1) is 12.0. The Balaban J connectivity index is 2.27. The van der Waals surface area contributed by atoms with E-state index in [1.54, 1.807) is 13.0 Å². The molecule has 25 heavy (non-hydrogen) atoms. The minimum atomic E-state index is -0.614. The quantitative estimate of drug-likeness (QED) is 0.181. The van der Waals surface area contributed by atoms with Crippen molar-refractivity contribution in [2.75, 3.05) is 6.61 Å². The summed E-state index contributed by atoms with van der Waals surface area (Å²) < 4.78 is 10.6. The van der Waals surface area contributed by atoms with Crippen LogP contribution in [-0.2, 0) is 25.7 Å². The summed E-state index contributed by atoms with van der Waals surface area (Å²) >= 11 is 0. The van der Waals surface area contributed by atoms with Crippen LogP contribution in [0, 0.1) is 11.8 Å². The Morgan fingerprint density at radius 1 is 1.16 bits per heavy atom. The molecule has 0 unspecified atom stereocenters. The third kappa shape index (κ3) is 10.7. The first kappa shape index (κ1) is 20.4. The van der Waals surface area contributed by atoms with Gasteiger partial charge in [-0.2, -0.15) is 0 Å². The summed E-state index contributed by atoms with van der Waals surface area (Å²) in [6.07, 6.45) is 5.18. The van der Waals surface area contributed by atoms with E-state index < -0.39 is 12.1 Å². The van der Waals surface area contributed by atoms with E-state index in [1.165, 1.54) is 13.0 Å². The van der Waals surface area contributed by atoms with Crippen LogP contribution >= 0.6 is 0 Å². The van der Waals surface area contributed by atoms with Crippen LogP contribution in [0.2, 0.25) is 0 Å². The molecule has 0 radical (unpaired) electrons. The van der Waals surface area contributed by atoms with Gasteiger partial charge in [-0.05, 0) is 31.8 Å². The number of carbonyl (C=O) groups is 2. The highest BCUT2D eigenvalue weighted by atomic mass is 16.5. The highest BCUT2D eigenvalue weighted by molar-refractivity contribution is 5.93. The van der Waals surface area contributed by atoms with Crippen molar-refractivity contribution < 1.29 is 19.1 Å². The Morgan fingerprint density at radius 2 is 1.88 bits per heavy atom. The number of hydrogen-bond acceptors (Lipinski definition) is 4. The van der Waals surface area contributed by atoms with Gasteiger partial charge in [-0.15, -0.1) is 0 Å². The fourth-order valence-corrected chi connectivity index (χ4v) is 1.85. The zero-order valence-electron chi connectivity index (χ0n) is 15.0. The number of ether oxygens (including phenoxy) is 2. The van der Waals surface area contributed by atoms with Crippen LogP contribution in [0.5, 0.6) is 0 Å². The third-order valence-electron chi connectivity index (χ3n) is 3.07. The molecule has 1 atom stereocenters. The molecule has 132 valence electrons. The van der Waals surface area contributed by atoms with E-state index in [2.05, 4.69) is 11.8 Å². The topological polar surface area (TPSA) is 52.6 Å². The van der Waals surface area contributed by atoms with Gasteiger partial charge in [-0.1, -0.05) is 54.0 Å². The van der Waals surface area contributed by atoms with Crippen molar-refractivity contribution in [3.05, 3.63) is 59.7 Å². The molecular weight excluding hydrogens is 316 g/mol. The molecule has 4 heteroatoms. The number of Topliss-reactive ketones (excluding diaryl/α,β-unsaturated/α-hetero) is 1. The van der Waals surface area contributed by atoms with E-state index in [4.69, 9.17) is 9.47 Å². The van der Waals surface area contributed by atoms with Crippen LogP contribution in [0.25, 0.3) is 0 Å². The van der Waals surface area contributed by atoms with Gasteiger partial charge in [-0.3, -0.25) is 4.79 Å². The highest BCUT2D eigenvalue weighted by Gasteiger charge is 2.02. The van der Waals surface area contributed by atoms with Crippen molar-refractivity contribution in [1.29, 1.82) is 0 Å². The fraction of sp³-hybridized carbons (Fsp3) is 0.333. The second kappa shape index (κ2) is 11.8. The maximum absolute atomic E-state index is 11.6. The van der Waals surface area contributed by atoms with Crippen molar-refractivity contribution >= 4 is 11.8 Å². The molecule has 0 spiro atoms. The summed E-state index contributed by atoms with van der Waals surface area (Å²) in [5.41, 5.74) is 2.09. The molecule has 4 nitrogen and oxygen atoms in total. The Bertz CT molecular complexity index is 675. The average molecular weight is 340 g/mol. The molecule has 1 aromatic rings. The van der Waals surface area contributed by atoms with Gasteiger partial charge in [0.15, 0.2) is 6.10 Å². The SMILES string of the molecule is CC(=O)C#C[C@@H](C)OC(=O)/C=C/C(C)=C/CCOCc1ccccc1. The number of hydrogen-bond donors (Lipinski definition) is 0. The first-order valence-electron chi connectivity index (χ1n) is 8.16. The number of esters is 1. The molecule has 1 aromatic carbocycles. The second-order valence-corrected chi connectivity index (χ2v) is 5.51. The van der Waals surface area contributed by atoms with Crippen molar-refractivity contribution in [2.24, 2.45) is 0 Å². The van der Waals surface area contributed by atoms with Crippen molar-refractivity contribution in [3.63, 3.8) is 0 Å². The predicted molar refractivity (Wildman–Crippen MR) is 97.6 cm³/mol. The van der Waals surface area contributed by atoms with Gasteiger partial charge < -0.3 is 9.47 Å². The van der Waals surface area contributed by atoms with Crippen LogP contribution in [-0.4, -0.2) is 24.5 Å². The molecule has 0 saturated heterocycles. The number of benzene rings is 1. The lowest BCUT2D eigenvalue weighted by Gasteiger charge is -2.04. The van der Waals surface area contributed by atoms with Gasteiger partial charge in [-0.25, -0.2) is 4.79 Å². The lowest BCUT2D eigenvalue weighted by atomic mass is 10.2. The molecule has 0 bridgehead atoms. The fourth-order valence-electron chi connectivity index (χ4n) is 1.85. The van der Waals surface area contributed by atoms with E-state index in [0.29, 0.717) is 13.2 Å². The highest BCUT2D eigenvalue weighted by Crippen LogP contribution is 2.03. The van der Waals surface area contributed by atoms with E-state index in [9.17, 15) is 9.59 Å². The average Bonchev–Trinajstić information content (AvgIpc) is 2.59. The van der Waals surface area contributed by atoms with E-state index in [0.717, 1.165) is 17.6 Å². The summed E-state index contributed by atoms with van der Waals surface area (Å²) in [6.45, 7) is 6.09. The van der Waals surface area contributed by atoms with Crippen molar-refractivity contribution in [1.82, 2.24) is 0 Å². The molecule has 0 saturated carbocycles. The first-order valence-corrected chi connectivity index (χ1v) is 8.16. The zero-order valence-corrected chi connectivity index (χ0v) is 15.0. The molecule has 0 fully saturated rings. The molecular formula is C21H24O4. The molecule has 0 amide bonds. The Kier molecular flexibility index (Phi) is 9.65. The normalized spacial score (nSPS) is 12.4. The Labute approximate surface area is 149 Å². The number of allylic oxidation sites excluding steroid dienone is 2. The molecule has 1 rings (SSSR count). The van der Waals surface area contributed by atoms with Crippen LogP contribution in [0.4, 0.5) is 0 Å². The largest absolute Gasteiger partial charge is 0.446 e. The van der Waals surface area contributed by atoms with Gasteiger partial charge in [0.25, 0.3) is 0 Å². The number of rotatable bonds is 8. The summed E-state index contributed by atoms with van der Waals surface area (Å²) in [5, 5.41) is 0. The monoisotopic (exact) mass is 340 g/mol. The third-order valence-corrected chi connectivity index (χ3v) is 3.07. The summed E-state index contributed by atoms with van der Waals surface area (Å²) in [4.78, 5) is 22.4. The summed E-state index contributed by atoms with van der Waals surface area (Å²) in [7, 11) is 0. The Hall–Kier alpha value is -2.64. The van der Waals surface area contributed by atoms with E-state index in [1.807, 2.05) is 43.3 Å². The second-order valence-electron chi connectivity index (χ2n) is 5.51. The van der Waals surface area contributed by atoms with Crippen LogP contribution in [0.3, 0.4) is 0 Å². The summed E-state index contributed by atoms with van der Waals surface area (Å²) in [5.74, 6) is 4.16. The number of ketones is 1. The van der Waals surface area contributed by atoms with E-state index in [-0.39, 0.29) is 5.78 Å². The molecule has 0 aromatic heterocycles. The zero-order chi connectivity index (χ0) is 18.5. The van der Waals surface area contributed by atoms with Crippen LogP contribution in [0.1, 0.15) is 32.8 Å². The lowest BCUT2D eigenvalue weighted by Crippen LogP contribution is -2.11. The maximum Gasteiger partial charge on any atom is 0.331 e. The van der Waals surface area contributed by atoms with E-state index >= 15 is 0 Å². The van der Waals surface area contributed by atoms with Gasteiger partial charge in [0.1, 0.15) is 0 Å². The van der Waals surface area contributed by atoms with Crippen molar-refractivity contribution in [2.45, 2.75) is 39.9 Å². The molecule has 0 aliphatic carbocycles. The standard InChI is InChI=1S/C21H24O4/c1-17(8-7-15-24-16-20-9-5-4-6-10-20)11-14-21(23)25-19(3)13-12-18(2)22/h4-6,8-11,14,19H,7,15-16H2,1-3H3/b14-11+,17-8+/t19-/m1/s1. The van der Waals surface area contributed by atoms with Gasteiger partial charge in [0, 0.05) is 13.0 Å². The molecule has 0 N–H and O–H groups in total. The van der Waals surface area contributed by atoms with Crippen LogP contribution < -0.4 is 0 Å². The number of carbonyl (C=O) groups excluding carboxylic acids is 2. The summed E-state index contributed by atoms with van der Waals surface area (Å²) in [6, 6.07) is 10.00. The molecule has 0 heterocycles. The minimum absolute atomic E-state index is 0.258. The minimum Gasteiger partial charge on any atom is -0.446 e. The van der Waals surface area contributed by atoms with Gasteiger partial charge in [0.05, 0.1) is 13.2 Å². The van der Waals surface area contributed by atoms with Crippen LogP contribution in [0.15, 0.2) is 54.1 Å². The van der Waals surface area contributed by atoms with Gasteiger partial charge in [0.2, 0.25) is 5.78 Å². The van der Waals surface area contributed by atoms with Gasteiger partial charge >= 0.3 is 5.97 Å². The van der Waals surface area contributed by atoms with Crippen molar-refractivity contribution in [3.8, 4) is 11.8 Å². The maximum atomic E-state index is 11.6. The molecule has 0 aliphatic heterocycles. The molecule has 0 aliphatic rings. The lowest BCUT2D eigenvalue weighted by molar-refractivity contribution is -0.139. The smallest absolute Gasteiger partial charge is 0.331 e.